The molecule has 0 aliphatic rings. The molecule has 0 radical (unpaired) electrons. The third-order valence-corrected chi connectivity index (χ3v) is 4.48. The van der Waals surface area contributed by atoms with Gasteiger partial charge in [0.1, 0.15) is 12.3 Å². The Labute approximate surface area is 181 Å². The van der Waals surface area contributed by atoms with Crippen molar-refractivity contribution in [2.45, 2.75) is 20.5 Å². The van der Waals surface area contributed by atoms with Crippen LogP contribution in [0.2, 0.25) is 5.02 Å². The van der Waals surface area contributed by atoms with Crippen molar-refractivity contribution in [2.75, 3.05) is 6.61 Å². The van der Waals surface area contributed by atoms with Gasteiger partial charge >= 0.3 is 5.97 Å². The van der Waals surface area contributed by atoms with Crippen LogP contribution in [0.25, 0.3) is 6.08 Å². The molecule has 148 valence electrons. The molecule has 2 N–H and O–H groups in total. The van der Waals surface area contributed by atoms with Crippen molar-refractivity contribution in [3.63, 3.8) is 0 Å². The number of halogens is 2. The summed E-state index contributed by atoms with van der Waals surface area (Å²) in [5.41, 5.74) is 1.17. The third-order valence-electron chi connectivity index (χ3n) is 3.48. The largest absolute Gasteiger partial charge is 0.490 e. The number of carbonyl (C=O) groups is 2. The number of ether oxygens (including phenoxy) is 2. The molecule has 0 spiro atoms. The first-order chi connectivity index (χ1) is 13.3. The Morgan fingerprint density at radius 2 is 1.89 bits per heavy atom. The van der Waals surface area contributed by atoms with Crippen LogP contribution in [0.5, 0.6) is 11.5 Å². The number of carboxylic acids is 1. The van der Waals surface area contributed by atoms with Gasteiger partial charge in [-0.1, -0.05) is 23.7 Å². The Hall–Kier alpha value is -2.26. The van der Waals surface area contributed by atoms with E-state index in [1.54, 1.807) is 12.1 Å². The maximum atomic E-state index is 11.3. The monoisotopic (exact) mass is 515 g/mol. The van der Waals surface area contributed by atoms with Gasteiger partial charge in [0.15, 0.2) is 11.5 Å². The fourth-order valence-corrected chi connectivity index (χ4v) is 2.95. The van der Waals surface area contributed by atoms with Crippen LogP contribution in [0.1, 0.15) is 25.0 Å². The molecule has 0 aliphatic heterocycles. The van der Waals surface area contributed by atoms with Crippen LogP contribution in [0.3, 0.4) is 0 Å². The zero-order valence-electron chi connectivity index (χ0n) is 15.3. The molecule has 0 unspecified atom stereocenters. The highest BCUT2D eigenvalue weighted by Gasteiger charge is 2.15. The van der Waals surface area contributed by atoms with E-state index >= 15 is 0 Å². The minimum atomic E-state index is -1.26. The van der Waals surface area contributed by atoms with E-state index in [0.29, 0.717) is 30.3 Å². The van der Waals surface area contributed by atoms with E-state index in [1.165, 1.54) is 13.0 Å². The number of carboxylic acid groups (broad SMARTS) is 1. The van der Waals surface area contributed by atoms with Gasteiger partial charge in [0, 0.05) is 10.5 Å². The molecule has 0 heterocycles. The summed E-state index contributed by atoms with van der Waals surface area (Å²) in [6.45, 7) is 3.73. The molecule has 8 heteroatoms. The SMILES string of the molecule is CCOc1cc(/C=C(/NC(C)=O)C(=O)O)cc(Cl)c1OCc1ccc(I)cc1. The van der Waals surface area contributed by atoms with Crippen LogP contribution >= 0.6 is 34.2 Å². The summed E-state index contributed by atoms with van der Waals surface area (Å²) in [7, 11) is 0. The molecule has 2 rings (SSSR count). The van der Waals surface area contributed by atoms with Crippen molar-refractivity contribution < 1.29 is 24.2 Å². The lowest BCUT2D eigenvalue weighted by Gasteiger charge is -2.15. The van der Waals surface area contributed by atoms with Gasteiger partial charge in [-0.2, -0.15) is 0 Å². The van der Waals surface area contributed by atoms with Gasteiger partial charge in [-0.05, 0) is 71.0 Å². The van der Waals surface area contributed by atoms with Crippen LogP contribution in [0.4, 0.5) is 0 Å². The number of benzene rings is 2. The molecule has 0 saturated heterocycles. The van der Waals surface area contributed by atoms with Crippen molar-refractivity contribution in [3.05, 3.63) is 61.8 Å². The summed E-state index contributed by atoms with van der Waals surface area (Å²) in [5, 5.41) is 11.8. The maximum absolute atomic E-state index is 11.3. The number of rotatable bonds is 8. The Kier molecular flexibility index (Phi) is 8.13. The second-order valence-electron chi connectivity index (χ2n) is 5.72. The van der Waals surface area contributed by atoms with E-state index in [1.807, 2.05) is 31.2 Å². The van der Waals surface area contributed by atoms with E-state index < -0.39 is 11.9 Å². The fourth-order valence-electron chi connectivity index (χ4n) is 2.32. The second kappa shape index (κ2) is 10.3. The predicted octanol–water partition coefficient (Wildman–Crippen LogP) is 4.48. The number of hydrogen-bond donors (Lipinski definition) is 2. The van der Waals surface area contributed by atoms with E-state index in [0.717, 1.165) is 9.13 Å². The van der Waals surface area contributed by atoms with Crippen LogP contribution in [0.15, 0.2) is 42.1 Å². The smallest absolute Gasteiger partial charge is 0.352 e. The van der Waals surface area contributed by atoms with Crippen molar-refractivity contribution >= 4 is 52.1 Å². The standard InChI is InChI=1S/C20H19ClINO5/c1-3-27-18-10-14(9-17(20(25)26)23-12(2)24)8-16(21)19(18)28-11-13-4-6-15(22)7-5-13/h4-10H,3,11H2,1-2H3,(H,23,24)(H,25,26)/b17-9+. The molecule has 0 bridgehead atoms. The molecular formula is C20H19ClINO5. The average Bonchev–Trinajstić information content (AvgIpc) is 2.62. The van der Waals surface area contributed by atoms with Crippen LogP contribution in [0, 0.1) is 3.57 Å². The topological polar surface area (TPSA) is 84.9 Å². The molecule has 0 fully saturated rings. The minimum absolute atomic E-state index is 0.265. The fraction of sp³-hybridized carbons (Fsp3) is 0.200. The minimum Gasteiger partial charge on any atom is -0.490 e. The van der Waals surface area contributed by atoms with Crippen molar-refractivity contribution in [1.82, 2.24) is 5.32 Å². The summed E-state index contributed by atoms with van der Waals surface area (Å²) in [6.07, 6.45) is 1.31. The van der Waals surface area contributed by atoms with Crippen LogP contribution < -0.4 is 14.8 Å². The number of aliphatic carboxylic acids is 1. The number of carbonyl (C=O) groups excluding carboxylic acids is 1. The summed E-state index contributed by atoms with van der Waals surface area (Å²) in [4.78, 5) is 22.5. The molecule has 0 saturated carbocycles. The van der Waals surface area contributed by atoms with Gasteiger partial charge in [0.05, 0.1) is 11.6 Å². The van der Waals surface area contributed by atoms with Crippen LogP contribution in [-0.2, 0) is 16.2 Å². The molecule has 2 aromatic rings. The van der Waals surface area contributed by atoms with Gasteiger partial charge in [-0.25, -0.2) is 4.79 Å². The molecular weight excluding hydrogens is 497 g/mol. The first kappa shape index (κ1) is 22.0. The summed E-state index contributed by atoms with van der Waals surface area (Å²) in [6, 6.07) is 11.0. The van der Waals surface area contributed by atoms with E-state index in [9.17, 15) is 14.7 Å². The van der Waals surface area contributed by atoms with Crippen molar-refractivity contribution in [3.8, 4) is 11.5 Å². The average molecular weight is 516 g/mol. The molecule has 0 aliphatic carbocycles. The van der Waals surface area contributed by atoms with E-state index in [4.69, 9.17) is 21.1 Å². The molecule has 28 heavy (non-hydrogen) atoms. The lowest BCUT2D eigenvalue weighted by molar-refractivity contribution is -0.134. The highest BCUT2D eigenvalue weighted by atomic mass is 127. The van der Waals surface area contributed by atoms with E-state index in [2.05, 4.69) is 27.9 Å². The lowest BCUT2D eigenvalue weighted by atomic mass is 10.1. The summed E-state index contributed by atoms with van der Waals surface area (Å²) in [5.74, 6) is -0.986. The van der Waals surface area contributed by atoms with Gasteiger partial charge < -0.3 is 19.9 Å². The number of nitrogens with one attached hydrogen (secondary N) is 1. The Morgan fingerprint density at radius 3 is 2.46 bits per heavy atom. The Bertz CT molecular complexity index is 896. The number of amides is 1. The highest BCUT2D eigenvalue weighted by Crippen LogP contribution is 2.37. The Balaban J connectivity index is 2.33. The molecule has 0 atom stereocenters. The third kappa shape index (κ3) is 6.42. The van der Waals surface area contributed by atoms with Gasteiger partial charge in [0.2, 0.25) is 5.91 Å². The highest BCUT2D eigenvalue weighted by molar-refractivity contribution is 14.1. The van der Waals surface area contributed by atoms with Crippen molar-refractivity contribution in [1.29, 1.82) is 0 Å². The van der Waals surface area contributed by atoms with Crippen molar-refractivity contribution in [2.24, 2.45) is 0 Å². The van der Waals surface area contributed by atoms with Crippen LogP contribution in [-0.4, -0.2) is 23.6 Å². The van der Waals surface area contributed by atoms with Gasteiger partial charge in [0.25, 0.3) is 0 Å². The molecule has 6 nitrogen and oxygen atoms in total. The zero-order chi connectivity index (χ0) is 20.7. The maximum Gasteiger partial charge on any atom is 0.352 e. The normalized spacial score (nSPS) is 11.1. The van der Waals surface area contributed by atoms with Gasteiger partial charge in [-0.3, -0.25) is 4.79 Å². The quantitative estimate of drug-likeness (QED) is 0.400. The first-order valence-corrected chi connectivity index (χ1v) is 9.82. The second-order valence-corrected chi connectivity index (χ2v) is 7.38. The predicted molar refractivity (Wildman–Crippen MR) is 116 cm³/mol. The lowest BCUT2D eigenvalue weighted by Crippen LogP contribution is -2.24. The number of hydrogen-bond acceptors (Lipinski definition) is 4. The summed E-state index contributed by atoms with van der Waals surface area (Å²) >= 11 is 8.59. The van der Waals surface area contributed by atoms with E-state index in [-0.39, 0.29) is 10.7 Å². The van der Waals surface area contributed by atoms with Gasteiger partial charge in [-0.15, -0.1) is 0 Å². The molecule has 1 amide bonds. The first-order valence-electron chi connectivity index (χ1n) is 8.36. The zero-order valence-corrected chi connectivity index (χ0v) is 18.2. The molecule has 0 aromatic heterocycles. The molecule has 2 aromatic carbocycles. The Morgan fingerprint density at radius 1 is 1.21 bits per heavy atom. The summed E-state index contributed by atoms with van der Waals surface area (Å²) < 4.78 is 12.6.